The Labute approximate surface area is 106 Å². The molecule has 1 atom stereocenters. The molecule has 1 aromatic carbocycles. The van der Waals surface area contributed by atoms with Gasteiger partial charge in [-0.05, 0) is 37.0 Å². The van der Waals surface area contributed by atoms with E-state index in [0.29, 0.717) is 12.6 Å². The van der Waals surface area contributed by atoms with Gasteiger partial charge in [0.15, 0.2) is 0 Å². The predicted molar refractivity (Wildman–Crippen MR) is 66.7 cm³/mol. The number of ether oxygens (including phenoxy) is 1. The molecule has 94 valence electrons. The number of nitrogens with one attached hydrogen (secondary N) is 1. The fraction of sp³-hybridized carbons (Fsp3) is 0.538. The third-order valence-corrected chi connectivity index (χ3v) is 3.27. The highest BCUT2D eigenvalue weighted by atomic mass is 35.5. The molecule has 4 heteroatoms. The van der Waals surface area contributed by atoms with E-state index in [1.807, 2.05) is 6.07 Å². The summed E-state index contributed by atoms with van der Waals surface area (Å²) in [5.41, 5.74) is 0.905. The van der Waals surface area contributed by atoms with Gasteiger partial charge in [0.1, 0.15) is 5.82 Å². The van der Waals surface area contributed by atoms with Crippen LogP contribution in [-0.2, 0) is 11.3 Å². The van der Waals surface area contributed by atoms with Crippen molar-refractivity contribution >= 4 is 11.6 Å². The Balaban J connectivity index is 1.75. The van der Waals surface area contributed by atoms with Gasteiger partial charge in [0, 0.05) is 19.7 Å². The van der Waals surface area contributed by atoms with Gasteiger partial charge in [-0.3, -0.25) is 0 Å². The normalized spacial score (nSPS) is 20.5. The first-order valence-electron chi connectivity index (χ1n) is 6.02. The highest BCUT2D eigenvalue weighted by Crippen LogP contribution is 2.16. The Morgan fingerprint density at radius 1 is 1.41 bits per heavy atom. The summed E-state index contributed by atoms with van der Waals surface area (Å²) in [4.78, 5) is 0. The maximum atomic E-state index is 13.2. The molecule has 2 rings (SSSR count). The molecule has 0 aliphatic carbocycles. The van der Waals surface area contributed by atoms with Crippen LogP contribution in [0.1, 0.15) is 24.8 Å². The average molecular weight is 258 g/mol. The molecule has 1 unspecified atom stereocenters. The number of rotatable bonds is 4. The second kappa shape index (κ2) is 6.34. The molecular formula is C13H17ClFNO. The Morgan fingerprint density at radius 2 is 2.29 bits per heavy atom. The van der Waals surface area contributed by atoms with Gasteiger partial charge in [0.2, 0.25) is 0 Å². The van der Waals surface area contributed by atoms with Crippen LogP contribution in [0.3, 0.4) is 0 Å². The molecule has 1 aromatic rings. The van der Waals surface area contributed by atoms with Crippen LogP contribution in [0.15, 0.2) is 18.2 Å². The van der Waals surface area contributed by atoms with E-state index in [-0.39, 0.29) is 10.8 Å². The van der Waals surface area contributed by atoms with Crippen molar-refractivity contribution in [2.45, 2.75) is 31.9 Å². The topological polar surface area (TPSA) is 21.3 Å². The highest BCUT2D eigenvalue weighted by molar-refractivity contribution is 6.30. The number of benzene rings is 1. The molecule has 17 heavy (non-hydrogen) atoms. The fourth-order valence-electron chi connectivity index (χ4n) is 2.00. The Morgan fingerprint density at radius 3 is 3.00 bits per heavy atom. The van der Waals surface area contributed by atoms with E-state index in [2.05, 4.69) is 5.32 Å². The van der Waals surface area contributed by atoms with E-state index in [0.717, 1.165) is 25.1 Å². The van der Waals surface area contributed by atoms with Crippen LogP contribution >= 0.6 is 11.6 Å². The zero-order chi connectivity index (χ0) is 12.1. The molecule has 0 saturated carbocycles. The van der Waals surface area contributed by atoms with Gasteiger partial charge in [-0.15, -0.1) is 0 Å². The molecule has 1 fully saturated rings. The molecule has 2 nitrogen and oxygen atoms in total. The minimum Gasteiger partial charge on any atom is -0.377 e. The lowest BCUT2D eigenvalue weighted by Crippen LogP contribution is -2.31. The lowest BCUT2D eigenvalue weighted by molar-refractivity contribution is 0.0168. The second-order valence-corrected chi connectivity index (χ2v) is 4.78. The first kappa shape index (κ1) is 12.8. The molecule has 0 aromatic heterocycles. The van der Waals surface area contributed by atoms with Gasteiger partial charge in [0.05, 0.1) is 11.1 Å². The zero-order valence-corrected chi connectivity index (χ0v) is 10.5. The molecule has 0 radical (unpaired) electrons. The van der Waals surface area contributed by atoms with Crippen molar-refractivity contribution in [3.8, 4) is 0 Å². The molecule has 1 aliphatic heterocycles. The van der Waals surface area contributed by atoms with Gasteiger partial charge in [0.25, 0.3) is 0 Å². The van der Waals surface area contributed by atoms with E-state index < -0.39 is 0 Å². The van der Waals surface area contributed by atoms with Crippen molar-refractivity contribution in [2.24, 2.45) is 0 Å². The van der Waals surface area contributed by atoms with Crippen molar-refractivity contribution in [1.82, 2.24) is 5.32 Å². The van der Waals surface area contributed by atoms with Crippen LogP contribution in [-0.4, -0.2) is 19.3 Å². The quantitative estimate of drug-likeness (QED) is 0.895. The molecule has 0 spiro atoms. The third kappa shape index (κ3) is 3.95. The predicted octanol–water partition coefficient (Wildman–Crippen LogP) is 3.14. The first-order valence-corrected chi connectivity index (χ1v) is 6.40. The van der Waals surface area contributed by atoms with Crippen molar-refractivity contribution < 1.29 is 9.13 Å². The van der Waals surface area contributed by atoms with Gasteiger partial charge in [-0.1, -0.05) is 17.7 Å². The summed E-state index contributed by atoms with van der Waals surface area (Å²) < 4.78 is 18.8. The minimum atomic E-state index is -0.361. The van der Waals surface area contributed by atoms with Crippen molar-refractivity contribution in [3.05, 3.63) is 34.6 Å². The summed E-state index contributed by atoms with van der Waals surface area (Å²) in [6, 6.07) is 4.89. The van der Waals surface area contributed by atoms with Gasteiger partial charge in [-0.25, -0.2) is 4.39 Å². The lowest BCUT2D eigenvalue weighted by Gasteiger charge is -2.22. The van der Waals surface area contributed by atoms with Crippen LogP contribution in [0.2, 0.25) is 5.02 Å². The maximum absolute atomic E-state index is 13.2. The minimum absolute atomic E-state index is 0.171. The van der Waals surface area contributed by atoms with E-state index in [1.54, 1.807) is 6.07 Å². The summed E-state index contributed by atoms with van der Waals surface area (Å²) in [5, 5.41) is 3.45. The van der Waals surface area contributed by atoms with Crippen molar-refractivity contribution in [1.29, 1.82) is 0 Å². The Hall–Kier alpha value is -0.640. The summed E-state index contributed by atoms with van der Waals surface area (Å²) in [5.74, 6) is -0.361. The summed E-state index contributed by atoms with van der Waals surface area (Å²) in [7, 11) is 0. The highest BCUT2D eigenvalue weighted by Gasteiger charge is 2.12. The van der Waals surface area contributed by atoms with E-state index >= 15 is 0 Å². The number of halogens is 2. The molecule has 1 heterocycles. The van der Waals surface area contributed by atoms with Crippen LogP contribution in [0.5, 0.6) is 0 Å². The second-order valence-electron chi connectivity index (χ2n) is 4.37. The summed E-state index contributed by atoms with van der Waals surface area (Å²) in [6.45, 7) is 2.33. The van der Waals surface area contributed by atoms with Gasteiger partial charge in [-0.2, -0.15) is 0 Å². The number of hydrogen-bond donors (Lipinski definition) is 1. The Bertz CT molecular complexity index is 366. The van der Waals surface area contributed by atoms with Gasteiger partial charge < -0.3 is 10.1 Å². The zero-order valence-electron chi connectivity index (χ0n) is 9.72. The third-order valence-electron chi connectivity index (χ3n) is 2.96. The lowest BCUT2D eigenvalue weighted by atomic mass is 10.1. The number of hydrogen-bond acceptors (Lipinski definition) is 2. The maximum Gasteiger partial charge on any atom is 0.142 e. The van der Waals surface area contributed by atoms with Crippen LogP contribution in [0.25, 0.3) is 0 Å². The van der Waals surface area contributed by atoms with Gasteiger partial charge >= 0.3 is 0 Å². The van der Waals surface area contributed by atoms with E-state index in [1.165, 1.54) is 18.9 Å². The molecule has 1 saturated heterocycles. The fourth-order valence-corrected chi connectivity index (χ4v) is 2.11. The van der Waals surface area contributed by atoms with Crippen LogP contribution in [0, 0.1) is 5.82 Å². The molecule has 0 amide bonds. The molecular weight excluding hydrogens is 241 g/mol. The van der Waals surface area contributed by atoms with Crippen LogP contribution < -0.4 is 5.32 Å². The van der Waals surface area contributed by atoms with Crippen molar-refractivity contribution in [3.63, 3.8) is 0 Å². The summed E-state index contributed by atoms with van der Waals surface area (Å²) in [6.07, 6.45) is 3.82. The van der Waals surface area contributed by atoms with E-state index in [4.69, 9.17) is 16.3 Å². The first-order chi connectivity index (χ1) is 8.25. The monoisotopic (exact) mass is 257 g/mol. The average Bonchev–Trinajstić information content (AvgIpc) is 2.35. The van der Waals surface area contributed by atoms with Crippen LogP contribution in [0.4, 0.5) is 4.39 Å². The molecule has 0 bridgehead atoms. The van der Waals surface area contributed by atoms with Crippen molar-refractivity contribution in [2.75, 3.05) is 13.2 Å². The largest absolute Gasteiger partial charge is 0.377 e. The van der Waals surface area contributed by atoms with E-state index in [9.17, 15) is 4.39 Å². The molecule has 1 aliphatic rings. The standard InChI is InChI=1S/C13H17ClFNO/c14-12-5-4-10(7-13(12)15)8-16-9-11-3-1-2-6-17-11/h4-5,7,11,16H,1-3,6,8-9H2. The summed E-state index contributed by atoms with van der Waals surface area (Å²) >= 11 is 5.62. The SMILES string of the molecule is Fc1cc(CNCC2CCCCO2)ccc1Cl. The molecule has 1 N–H and O–H groups in total. The Kier molecular flexibility index (Phi) is 4.77. The smallest absolute Gasteiger partial charge is 0.142 e.